The second kappa shape index (κ2) is 9.78. The molecular formula is C22H16ClF3N2O5. The van der Waals surface area contributed by atoms with Gasteiger partial charge in [-0.3, -0.25) is 9.59 Å². The molecule has 0 aliphatic heterocycles. The van der Waals surface area contributed by atoms with Crippen molar-refractivity contribution in [3.63, 3.8) is 0 Å². The van der Waals surface area contributed by atoms with Crippen LogP contribution in [0.25, 0.3) is 0 Å². The first-order valence-electron chi connectivity index (χ1n) is 9.34. The zero-order chi connectivity index (χ0) is 24.2. The molecule has 3 aromatic rings. The Morgan fingerprint density at radius 3 is 2.45 bits per heavy atom. The van der Waals surface area contributed by atoms with Gasteiger partial charge in [-0.25, -0.2) is 4.79 Å². The van der Waals surface area contributed by atoms with Crippen molar-refractivity contribution in [1.82, 2.24) is 0 Å². The molecule has 1 aromatic heterocycles. The third kappa shape index (κ3) is 6.13. The Labute approximate surface area is 190 Å². The van der Waals surface area contributed by atoms with Gasteiger partial charge in [0.2, 0.25) is 0 Å². The largest absolute Gasteiger partial charge is 0.459 e. The van der Waals surface area contributed by atoms with Crippen molar-refractivity contribution >= 4 is 40.8 Å². The van der Waals surface area contributed by atoms with E-state index >= 15 is 0 Å². The Balaban J connectivity index is 1.63. The predicted octanol–water partition coefficient (Wildman–Crippen LogP) is 5.31. The maximum atomic E-state index is 12.8. The average Bonchev–Trinajstić information content (AvgIpc) is 3.29. The number of amides is 2. The third-order valence-corrected chi connectivity index (χ3v) is 4.70. The monoisotopic (exact) mass is 480 g/mol. The summed E-state index contributed by atoms with van der Waals surface area (Å²) < 4.78 is 48.5. The van der Waals surface area contributed by atoms with Gasteiger partial charge >= 0.3 is 12.1 Å². The van der Waals surface area contributed by atoms with E-state index in [-0.39, 0.29) is 22.0 Å². The van der Waals surface area contributed by atoms with Crippen LogP contribution in [0.2, 0.25) is 5.02 Å². The van der Waals surface area contributed by atoms with Crippen LogP contribution in [0.15, 0.2) is 59.2 Å². The van der Waals surface area contributed by atoms with E-state index in [0.717, 1.165) is 12.1 Å². The Hall–Kier alpha value is -3.79. The molecule has 0 saturated heterocycles. The molecule has 7 nitrogen and oxygen atoms in total. The van der Waals surface area contributed by atoms with E-state index in [4.69, 9.17) is 20.8 Å². The number of furan rings is 1. The smallest absolute Gasteiger partial charge is 0.416 e. The summed E-state index contributed by atoms with van der Waals surface area (Å²) in [6, 6.07) is 9.83. The lowest BCUT2D eigenvalue weighted by Gasteiger charge is -2.12. The fraction of sp³-hybridized carbons (Fsp3) is 0.136. The normalized spacial score (nSPS) is 11.1. The average molecular weight is 481 g/mol. The lowest BCUT2D eigenvalue weighted by Crippen LogP contribution is -2.21. The van der Waals surface area contributed by atoms with Gasteiger partial charge < -0.3 is 19.8 Å². The highest BCUT2D eigenvalue weighted by atomic mass is 35.5. The maximum Gasteiger partial charge on any atom is 0.416 e. The number of hydrogen-bond donors (Lipinski definition) is 2. The van der Waals surface area contributed by atoms with E-state index in [9.17, 15) is 27.6 Å². The Bertz CT molecular complexity index is 1190. The Morgan fingerprint density at radius 1 is 1.03 bits per heavy atom. The minimum absolute atomic E-state index is 0.0419. The van der Waals surface area contributed by atoms with Gasteiger partial charge in [0.1, 0.15) is 0 Å². The summed E-state index contributed by atoms with van der Waals surface area (Å²) in [6.07, 6.45) is -3.28. The standard InChI is InChI=1S/C22H16ClF3N2O5/c1-12-4-5-13(9-16(12)28-20(30)18-3-2-8-32-18)21(31)33-11-19(29)27-17-10-14(22(24,25)26)6-7-15(17)23/h2-10H,11H2,1H3,(H,27,29)(H,28,30). The fourth-order valence-corrected chi connectivity index (χ4v) is 2.84. The fourth-order valence-electron chi connectivity index (χ4n) is 2.67. The number of hydrogen-bond acceptors (Lipinski definition) is 5. The van der Waals surface area contributed by atoms with Crippen LogP contribution in [0, 0.1) is 6.92 Å². The summed E-state index contributed by atoms with van der Waals surface area (Å²) in [6.45, 7) is 0.937. The molecule has 0 aliphatic rings. The summed E-state index contributed by atoms with van der Waals surface area (Å²) in [5, 5.41) is 4.67. The topological polar surface area (TPSA) is 97.6 Å². The molecule has 0 fully saturated rings. The molecule has 3 rings (SSSR count). The minimum Gasteiger partial charge on any atom is -0.459 e. The van der Waals surface area contributed by atoms with E-state index < -0.39 is 36.1 Å². The molecule has 2 amide bonds. The van der Waals surface area contributed by atoms with Crippen LogP contribution in [-0.2, 0) is 15.7 Å². The number of halogens is 4. The van der Waals surface area contributed by atoms with Crippen LogP contribution in [0.3, 0.4) is 0 Å². The van der Waals surface area contributed by atoms with Crippen molar-refractivity contribution in [1.29, 1.82) is 0 Å². The molecule has 0 aliphatic carbocycles. The van der Waals surface area contributed by atoms with Crippen LogP contribution in [0.1, 0.15) is 32.0 Å². The quantitative estimate of drug-likeness (QED) is 0.466. The van der Waals surface area contributed by atoms with Crippen molar-refractivity contribution in [2.24, 2.45) is 0 Å². The van der Waals surface area contributed by atoms with Crippen LogP contribution in [0.4, 0.5) is 24.5 Å². The van der Waals surface area contributed by atoms with Gasteiger partial charge in [-0.2, -0.15) is 13.2 Å². The van der Waals surface area contributed by atoms with E-state index in [1.165, 1.54) is 24.5 Å². The molecule has 1 heterocycles. The number of carbonyl (C=O) groups excluding carboxylic acids is 3. The molecule has 0 spiro atoms. The molecule has 0 radical (unpaired) electrons. The Morgan fingerprint density at radius 2 is 1.79 bits per heavy atom. The molecule has 2 N–H and O–H groups in total. The zero-order valence-electron chi connectivity index (χ0n) is 17.0. The summed E-state index contributed by atoms with van der Waals surface area (Å²) in [5.41, 5.74) is -0.247. The second-order valence-corrected chi connectivity index (χ2v) is 7.19. The molecule has 11 heteroatoms. The number of anilines is 2. The predicted molar refractivity (Wildman–Crippen MR) is 113 cm³/mol. The SMILES string of the molecule is Cc1ccc(C(=O)OCC(=O)Nc2cc(C(F)(F)F)ccc2Cl)cc1NC(=O)c1ccco1. The molecule has 2 aromatic carbocycles. The van der Waals surface area contributed by atoms with Gasteiger partial charge in [0.25, 0.3) is 11.8 Å². The van der Waals surface area contributed by atoms with Crippen LogP contribution < -0.4 is 10.6 Å². The van der Waals surface area contributed by atoms with Crippen molar-refractivity contribution in [3.05, 3.63) is 82.3 Å². The van der Waals surface area contributed by atoms with Gasteiger partial charge in [-0.1, -0.05) is 17.7 Å². The van der Waals surface area contributed by atoms with Gasteiger partial charge in [0.05, 0.1) is 28.1 Å². The highest BCUT2D eigenvalue weighted by Gasteiger charge is 2.31. The molecule has 0 unspecified atom stereocenters. The molecule has 0 saturated carbocycles. The first-order chi connectivity index (χ1) is 15.5. The first kappa shape index (κ1) is 23.9. The van der Waals surface area contributed by atoms with Crippen molar-refractivity contribution in [3.8, 4) is 0 Å². The number of aryl methyl sites for hydroxylation is 1. The van der Waals surface area contributed by atoms with Crippen LogP contribution in [0.5, 0.6) is 0 Å². The van der Waals surface area contributed by atoms with Gasteiger partial charge in [-0.05, 0) is 55.0 Å². The molecule has 172 valence electrons. The summed E-state index contributed by atoms with van der Waals surface area (Å²) in [5.74, 6) is -2.21. The zero-order valence-corrected chi connectivity index (χ0v) is 17.7. The molecular weight excluding hydrogens is 465 g/mol. The number of alkyl halides is 3. The number of rotatable bonds is 6. The summed E-state index contributed by atoms with van der Waals surface area (Å²) in [4.78, 5) is 36.5. The number of benzene rings is 2. The first-order valence-corrected chi connectivity index (χ1v) is 9.71. The second-order valence-electron chi connectivity index (χ2n) is 6.78. The highest BCUT2D eigenvalue weighted by molar-refractivity contribution is 6.33. The van der Waals surface area contributed by atoms with E-state index in [0.29, 0.717) is 17.3 Å². The van der Waals surface area contributed by atoms with Gasteiger partial charge in [-0.15, -0.1) is 0 Å². The van der Waals surface area contributed by atoms with Crippen molar-refractivity contribution in [2.75, 3.05) is 17.2 Å². The van der Waals surface area contributed by atoms with Gasteiger partial charge in [0, 0.05) is 5.69 Å². The number of nitrogens with one attached hydrogen (secondary N) is 2. The molecule has 33 heavy (non-hydrogen) atoms. The summed E-state index contributed by atoms with van der Waals surface area (Å²) >= 11 is 5.83. The lowest BCUT2D eigenvalue weighted by atomic mass is 10.1. The Kier molecular flexibility index (Phi) is 7.07. The van der Waals surface area contributed by atoms with Gasteiger partial charge in [0.15, 0.2) is 12.4 Å². The third-order valence-electron chi connectivity index (χ3n) is 4.37. The number of ether oxygens (including phenoxy) is 1. The van der Waals surface area contributed by atoms with Crippen molar-refractivity contribution < 1.29 is 36.7 Å². The van der Waals surface area contributed by atoms with E-state index in [1.54, 1.807) is 19.1 Å². The maximum absolute atomic E-state index is 12.8. The number of carbonyl (C=O) groups is 3. The summed E-state index contributed by atoms with van der Waals surface area (Å²) in [7, 11) is 0. The number of esters is 1. The van der Waals surface area contributed by atoms with E-state index in [2.05, 4.69) is 10.6 Å². The van der Waals surface area contributed by atoms with Crippen LogP contribution in [-0.4, -0.2) is 24.4 Å². The lowest BCUT2D eigenvalue weighted by molar-refractivity contribution is -0.137. The van der Waals surface area contributed by atoms with Crippen molar-refractivity contribution in [2.45, 2.75) is 13.1 Å². The molecule has 0 atom stereocenters. The molecule has 0 bridgehead atoms. The van der Waals surface area contributed by atoms with Crippen LogP contribution >= 0.6 is 11.6 Å². The highest BCUT2D eigenvalue weighted by Crippen LogP contribution is 2.33. The van der Waals surface area contributed by atoms with E-state index in [1.807, 2.05) is 0 Å². The minimum atomic E-state index is -4.62.